The number of primary amides is 1. The largest absolute Gasteiger partial charge is 0.496 e. The van der Waals surface area contributed by atoms with Crippen molar-refractivity contribution in [2.75, 3.05) is 13.7 Å². The first-order chi connectivity index (χ1) is 12.1. The summed E-state index contributed by atoms with van der Waals surface area (Å²) in [5.74, 6) is 0.532. The van der Waals surface area contributed by atoms with Crippen molar-refractivity contribution in [3.8, 4) is 5.75 Å². The average molecular weight is 343 g/mol. The summed E-state index contributed by atoms with van der Waals surface area (Å²) < 4.78 is 7.05. The number of benzene rings is 1. The second-order valence-corrected chi connectivity index (χ2v) is 6.67. The fraction of sp³-hybridized carbons (Fsp3) is 0.500. The molecule has 1 aromatic heterocycles. The van der Waals surface area contributed by atoms with Gasteiger partial charge in [-0.25, -0.2) is 4.68 Å². The number of amides is 1. The molecule has 1 aliphatic carbocycles. The van der Waals surface area contributed by atoms with Gasteiger partial charge in [-0.1, -0.05) is 36.3 Å². The van der Waals surface area contributed by atoms with E-state index in [2.05, 4.69) is 27.8 Å². The maximum absolute atomic E-state index is 10.9. The van der Waals surface area contributed by atoms with E-state index in [1.54, 1.807) is 13.3 Å². The molecule has 0 radical (unpaired) electrons. The maximum Gasteiger partial charge on any atom is 0.239 e. The van der Waals surface area contributed by atoms with E-state index in [0.29, 0.717) is 6.54 Å². The molecule has 1 saturated carbocycles. The monoisotopic (exact) mass is 343 g/mol. The number of nitrogens with one attached hydrogen (secondary N) is 1. The Balaban J connectivity index is 1.67. The van der Waals surface area contributed by atoms with E-state index in [4.69, 9.17) is 10.5 Å². The number of methoxy groups -OCH3 is 1. The van der Waals surface area contributed by atoms with Crippen molar-refractivity contribution in [1.29, 1.82) is 0 Å². The molecule has 1 fully saturated rings. The molecule has 0 atom stereocenters. The van der Waals surface area contributed by atoms with E-state index in [0.717, 1.165) is 30.8 Å². The molecule has 1 amide bonds. The summed E-state index contributed by atoms with van der Waals surface area (Å²) in [7, 11) is 1.73. The summed E-state index contributed by atoms with van der Waals surface area (Å²) >= 11 is 0. The molecule has 2 aromatic rings. The van der Waals surface area contributed by atoms with Crippen LogP contribution in [0.3, 0.4) is 0 Å². The molecule has 7 nitrogen and oxygen atoms in total. The van der Waals surface area contributed by atoms with Crippen molar-refractivity contribution in [1.82, 2.24) is 20.3 Å². The molecular weight excluding hydrogens is 318 g/mol. The van der Waals surface area contributed by atoms with E-state index in [1.807, 2.05) is 12.1 Å². The van der Waals surface area contributed by atoms with E-state index in [-0.39, 0.29) is 12.0 Å². The predicted molar refractivity (Wildman–Crippen MR) is 94.1 cm³/mol. The zero-order valence-corrected chi connectivity index (χ0v) is 14.6. The third-order valence-electron chi connectivity index (χ3n) is 4.91. The van der Waals surface area contributed by atoms with Crippen LogP contribution in [0.25, 0.3) is 0 Å². The van der Waals surface area contributed by atoms with Crippen molar-refractivity contribution < 1.29 is 9.53 Å². The van der Waals surface area contributed by atoms with Crippen molar-refractivity contribution in [2.24, 2.45) is 5.73 Å². The fourth-order valence-electron chi connectivity index (χ4n) is 3.76. The molecule has 3 rings (SSSR count). The first-order valence-corrected chi connectivity index (χ1v) is 8.64. The van der Waals surface area contributed by atoms with Crippen molar-refractivity contribution in [3.63, 3.8) is 0 Å². The van der Waals surface area contributed by atoms with Gasteiger partial charge in [0.15, 0.2) is 0 Å². The molecule has 0 spiro atoms. The lowest BCUT2D eigenvalue weighted by molar-refractivity contribution is -0.118. The molecule has 7 heteroatoms. The fourth-order valence-corrected chi connectivity index (χ4v) is 3.76. The summed E-state index contributed by atoms with van der Waals surface area (Å²) in [6.07, 6.45) is 6.51. The van der Waals surface area contributed by atoms with Crippen molar-refractivity contribution in [3.05, 3.63) is 41.7 Å². The molecule has 1 aliphatic rings. The highest BCUT2D eigenvalue weighted by molar-refractivity contribution is 5.73. The van der Waals surface area contributed by atoms with Crippen LogP contribution in [0, 0.1) is 0 Å². The molecule has 1 heterocycles. The van der Waals surface area contributed by atoms with Crippen LogP contribution in [0.5, 0.6) is 5.75 Å². The van der Waals surface area contributed by atoms with Crippen molar-refractivity contribution >= 4 is 5.91 Å². The lowest BCUT2D eigenvalue weighted by atomic mass is 9.78. The molecule has 1 aromatic carbocycles. The summed E-state index contributed by atoms with van der Waals surface area (Å²) in [5, 5.41) is 11.5. The summed E-state index contributed by atoms with van der Waals surface area (Å²) in [6, 6.07) is 8.29. The van der Waals surface area contributed by atoms with Gasteiger partial charge in [0, 0.05) is 24.1 Å². The number of hydrogen-bond acceptors (Lipinski definition) is 5. The van der Waals surface area contributed by atoms with Gasteiger partial charge in [0.05, 0.1) is 19.0 Å². The van der Waals surface area contributed by atoms with Crippen LogP contribution < -0.4 is 15.8 Å². The first-order valence-electron chi connectivity index (χ1n) is 8.64. The Morgan fingerprint density at radius 3 is 2.84 bits per heavy atom. The summed E-state index contributed by atoms with van der Waals surface area (Å²) in [4.78, 5) is 10.9. The molecule has 3 N–H and O–H groups in total. The number of carbonyl (C=O) groups excluding carboxylic acids is 1. The third-order valence-corrected chi connectivity index (χ3v) is 4.91. The SMILES string of the molecule is COc1ccccc1C1(CNCc2cn(CC(N)=O)nn2)CCCC1. The van der Waals surface area contributed by atoms with Crippen LogP contribution in [0.4, 0.5) is 0 Å². The first kappa shape index (κ1) is 17.4. The van der Waals surface area contributed by atoms with Gasteiger partial charge in [0.1, 0.15) is 12.3 Å². The van der Waals surface area contributed by atoms with Crippen LogP contribution in [-0.4, -0.2) is 34.6 Å². The van der Waals surface area contributed by atoms with E-state index in [1.165, 1.54) is 23.1 Å². The zero-order valence-electron chi connectivity index (χ0n) is 14.6. The van der Waals surface area contributed by atoms with Crippen LogP contribution >= 0.6 is 0 Å². The number of rotatable bonds is 8. The standard InChI is InChI=1S/C18H25N5O2/c1-25-16-7-3-2-6-15(16)18(8-4-5-9-18)13-20-10-14-11-23(22-21-14)12-17(19)24/h2-3,6-7,11,20H,4-5,8-10,12-13H2,1H3,(H2,19,24). The predicted octanol–water partition coefficient (Wildman–Crippen LogP) is 1.37. The van der Waals surface area contributed by atoms with Crippen LogP contribution in [-0.2, 0) is 23.3 Å². The van der Waals surface area contributed by atoms with E-state index >= 15 is 0 Å². The zero-order chi connectivity index (χ0) is 17.7. The average Bonchev–Trinajstić information content (AvgIpc) is 3.25. The van der Waals surface area contributed by atoms with Gasteiger partial charge < -0.3 is 15.8 Å². The van der Waals surface area contributed by atoms with Gasteiger partial charge in [-0.15, -0.1) is 5.10 Å². The number of para-hydroxylation sites is 1. The van der Waals surface area contributed by atoms with Gasteiger partial charge >= 0.3 is 0 Å². The lowest BCUT2D eigenvalue weighted by Crippen LogP contribution is -2.36. The Hall–Kier alpha value is -2.41. The highest BCUT2D eigenvalue weighted by Gasteiger charge is 2.37. The minimum absolute atomic E-state index is 0.0537. The van der Waals surface area contributed by atoms with Gasteiger partial charge in [0.25, 0.3) is 0 Å². The molecule has 0 saturated heterocycles. The second-order valence-electron chi connectivity index (χ2n) is 6.67. The summed E-state index contributed by atoms with van der Waals surface area (Å²) in [5.41, 5.74) is 7.34. The van der Waals surface area contributed by atoms with E-state index < -0.39 is 5.91 Å². The Morgan fingerprint density at radius 2 is 2.12 bits per heavy atom. The van der Waals surface area contributed by atoms with Gasteiger partial charge in [-0.05, 0) is 18.9 Å². The normalized spacial score (nSPS) is 16.0. The maximum atomic E-state index is 10.9. The van der Waals surface area contributed by atoms with Crippen molar-refractivity contribution in [2.45, 2.75) is 44.2 Å². The molecule has 0 unspecified atom stereocenters. The number of nitrogens with two attached hydrogens (primary N) is 1. The van der Waals surface area contributed by atoms with Crippen LogP contribution in [0.15, 0.2) is 30.5 Å². The van der Waals surface area contributed by atoms with Gasteiger partial charge in [-0.2, -0.15) is 0 Å². The highest BCUT2D eigenvalue weighted by Crippen LogP contribution is 2.44. The van der Waals surface area contributed by atoms with Crippen LogP contribution in [0.1, 0.15) is 36.9 Å². The molecule has 134 valence electrons. The molecular formula is C18H25N5O2. The molecule has 25 heavy (non-hydrogen) atoms. The van der Waals surface area contributed by atoms with Crippen LogP contribution in [0.2, 0.25) is 0 Å². The third kappa shape index (κ3) is 3.99. The Morgan fingerprint density at radius 1 is 1.36 bits per heavy atom. The number of hydrogen-bond donors (Lipinski definition) is 2. The quantitative estimate of drug-likeness (QED) is 0.755. The number of nitrogens with zero attached hydrogens (tertiary/aromatic N) is 3. The van der Waals surface area contributed by atoms with E-state index in [9.17, 15) is 4.79 Å². The van der Waals surface area contributed by atoms with Gasteiger partial charge in [-0.3, -0.25) is 4.79 Å². The minimum atomic E-state index is -0.425. The smallest absolute Gasteiger partial charge is 0.239 e. The number of ether oxygens (including phenoxy) is 1. The molecule has 0 aliphatic heterocycles. The summed E-state index contributed by atoms with van der Waals surface area (Å²) in [6.45, 7) is 1.52. The Bertz CT molecular complexity index is 722. The number of carbonyl (C=O) groups is 1. The Labute approximate surface area is 147 Å². The molecule has 0 bridgehead atoms. The highest BCUT2D eigenvalue weighted by atomic mass is 16.5. The minimum Gasteiger partial charge on any atom is -0.496 e. The second kappa shape index (κ2) is 7.65. The topological polar surface area (TPSA) is 95.1 Å². The van der Waals surface area contributed by atoms with Gasteiger partial charge in [0.2, 0.25) is 5.91 Å². The number of aromatic nitrogens is 3. The Kier molecular flexibility index (Phi) is 5.33. The lowest BCUT2D eigenvalue weighted by Gasteiger charge is -2.31.